The number of halogens is 1. The normalized spacial score (nSPS) is 17.2. The first-order valence-corrected chi connectivity index (χ1v) is 6.29. The molecule has 92 valence electrons. The van der Waals surface area contributed by atoms with E-state index in [0.29, 0.717) is 0 Å². The molecule has 0 aromatic heterocycles. The van der Waals surface area contributed by atoms with Crippen molar-refractivity contribution >= 4 is 0 Å². The van der Waals surface area contributed by atoms with Crippen molar-refractivity contribution in [2.24, 2.45) is 0 Å². The minimum absolute atomic E-state index is 0.134. The van der Waals surface area contributed by atoms with E-state index in [-0.39, 0.29) is 11.2 Å². The summed E-state index contributed by atoms with van der Waals surface area (Å²) in [5, 5.41) is 3.34. The Balaban J connectivity index is 1.89. The number of hydrogen-bond donors (Lipinski definition) is 1. The molecule has 1 heterocycles. The fraction of sp³-hybridized carbons (Fsp3) is 0.250. The Kier molecular flexibility index (Phi) is 2.88. The average Bonchev–Trinajstić information content (AvgIpc) is 2.35. The first-order valence-electron chi connectivity index (χ1n) is 6.29. The molecule has 2 heteroatoms. The zero-order chi connectivity index (χ0) is 12.4. The first kappa shape index (κ1) is 11.4. The fourth-order valence-corrected chi connectivity index (χ4v) is 2.69. The molecule has 2 aromatic carbocycles. The second-order valence-corrected chi connectivity index (χ2v) is 5.06. The molecule has 0 amide bonds. The molecule has 1 saturated heterocycles. The molecule has 0 bridgehead atoms. The van der Waals surface area contributed by atoms with Crippen LogP contribution in [0.4, 0.5) is 4.39 Å². The van der Waals surface area contributed by atoms with Crippen molar-refractivity contribution in [2.45, 2.75) is 11.8 Å². The minimum atomic E-state index is -0.150. The van der Waals surface area contributed by atoms with Gasteiger partial charge in [-0.05, 0) is 29.7 Å². The quantitative estimate of drug-likeness (QED) is 0.871. The number of nitrogens with one attached hydrogen (secondary N) is 1. The summed E-state index contributed by atoms with van der Waals surface area (Å²) >= 11 is 0. The maximum atomic E-state index is 13.3. The summed E-state index contributed by atoms with van der Waals surface area (Å²) in [6.45, 7) is 1.93. The first-order chi connectivity index (χ1) is 8.78. The number of benzene rings is 2. The van der Waals surface area contributed by atoms with E-state index in [1.165, 1.54) is 11.6 Å². The highest BCUT2D eigenvalue weighted by molar-refractivity contribution is 5.33. The van der Waals surface area contributed by atoms with Crippen LogP contribution in [0.5, 0.6) is 0 Å². The monoisotopic (exact) mass is 241 g/mol. The van der Waals surface area contributed by atoms with Crippen molar-refractivity contribution in [1.82, 2.24) is 5.32 Å². The lowest BCUT2D eigenvalue weighted by Gasteiger charge is -2.43. The van der Waals surface area contributed by atoms with Crippen molar-refractivity contribution in [3.8, 4) is 0 Å². The molecule has 1 aliphatic rings. The van der Waals surface area contributed by atoms with Gasteiger partial charge in [0.15, 0.2) is 0 Å². The van der Waals surface area contributed by atoms with E-state index in [2.05, 4.69) is 29.6 Å². The van der Waals surface area contributed by atoms with Crippen molar-refractivity contribution in [3.63, 3.8) is 0 Å². The molecule has 0 atom stereocenters. The van der Waals surface area contributed by atoms with Gasteiger partial charge in [-0.2, -0.15) is 0 Å². The minimum Gasteiger partial charge on any atom is -0.315 e. The van der Waals surface area contributed by atoms with Gasteiger partial charge in [0.1, 0.15) is 5.82 Å². The van der Waals surface area contributed by atoms with E-state index in [0.717, 1.165) is 25.1 Å². The molecule has 0 unspecified atom stereocenters. The third-order valence-electron chi connectivity index (χ3n) is 3.74. The molecule has 1 N–H and O–H groups in total. The molecule has 18 heavy (non-hydrogen) atoms. The SMILES string of the molecule is Fc1cccc(CC2(c3ccccc3)CNC2)c1. The van der Waals surface area contributed by atoms with Crippen molar-refractivity contribution in [3.05, 3.63) is 71.5 Å². The van der Waals surface area contributed by atoms with Crippen LogP contribution in [0.1, 0.15) is 11.1 Å². The van der Waals surface area contributed by atoms with Crippen LogP contribution in [0.3, 0.4) is 0 Å². The molecule has 3 rings (SSSR count). The Morgan fingerprint density at radius 1 is 1.00 bits per heavy atom. The summed E-state index contributed by atoms with van der Waals surface area (Å²) < 4.78 is 13.3. The number of hydrogen-bond acceptors (Lipinski definition) is 1. The van der Waals surface area contributed by atoms with E-state index >= 15 is 0 Å². The van der Waals surface area contributed by atoms with Crippen molar-refractivity contribution in [1.29, 1.82) is 0 Å². The van der Waals surface area contributed by atoms with Crippen LogP contribution in [0.25, 0.3) is 0 Å². The Hall–Kier alpha value is -1.67. The Morgan fingerprint density at radius 3 is 2.39 bits per heavy atom. The van der Waals surface area contributed by atoms with Gasteiger partial charge >= 0.3 is 0 Å². The molecule has 2 aromatic rings. The summed E-state index contributed by atoms with van der Waals surface area (Å²) in [4.78, 5) is 0. The van der Waals surface area contributed by atoms with Crippen LogP contribution in [0.2, 0.25) is 0 Å². The summed E-state index contributed by atoms with van der Waals surface area (Å²) in [6, 6.07) is 17.4. The average molecular weight is 241 g/mol. The van der Waals surface area contributed by atoms with Gasteiger partial charge < -0.3 is 5.32 Å². The standard InChI is InChI=1S/C16H16FN/c17-15-8-4-5-13(9-15)10-16(11-18-12-16)14-6-2-1-3-7-14/h1-9,18H,10-12H2. The highest BCUT2D eigenvalue weighted by atomic mass is 19.1. The predicted octanol–water partition coefficient (Wildman–Crippen LogP) is 2.91. The van der Waals surface area contributed by atoms with Crippen LogP contribution in [0, 0.1) is 5.82 Å². The Labute approximate surface area is 107 Å². The van der Waals surface area contributed by atoms with Crippen molar-refractivity contribution in [2.75, 3.05) is 13.1 Å². The van der Waals surface area contributed by atoms with Crippen LogP contribution in [-0.4, -0.2) is 13.1 Å². The van der Waals surface area contributed by atoms with Gasteiger partial charge in [-0.1, -0.05) is 42.5 Å². The lowest BCUT2D eigenvalue weighted by Crippen LogP contribution is -2.58. The Bertz CT molecular complexity index is 532. The zero-order valence-electron chi connectivity index (χ0n) is 10.2. The topological polar surface area (TPSA) is 12.0 Å². The highest BCUT2D eigenvalue weighted by Crippen LogP contribution is 2.32. The van der Waals surface area contributed by atoms with Crippen molar-refractivity contribution < 1.29 is 4.39 Å². The van der Waals surface area contributed by atoms with Crippen LogP contribution in [0.15, 0.2) is 54.6 Å². The molecule has 1 aliphatic heterocycles. The largest absolute Gasteiger partial charge is 0.315 e. The third-order valence-corrected chi connectivity index (χ3v) is 3.74. The molecular formula is C16H16FN. The fourth-order valence-electron chi connectivity index (χ4n) is 2.69. The summed E-state index contributed by atoms with van der Waals surface area (Å²) in [7, 11) is 0. The van der Waals surface area contributed by atoms with Gasteiger partial charge in [-0.3, -0.25) is 0 Å². The lowest BCUT2D eigenvalue weighted by atomic mass is 9.71. The molecule has 0 radical (unpaired) electrons. The molecular weight excluding hydrogens is 225 g/mol. The Morgan fingerprint density at radius 2 is 1.78 bits per heavy atom. The van der Waals surface area contributed by atoms with Gasteiger partial charge in [0, 0.05) is 18.5 Å². The van der Waals surface area contributed by atoms with Gasteiger partial charge in [-0.15, -0.1) is 0 Å². The maximum absolute atomic E-state index is 13.3. The van der Waals surface area contributed by atoms with E-state index in [9.17, 15) is 4.39 Å². The molecule has 1 nitrogen and oxygen atoms in total. The summed E-state index contributed by atoms with van der Waals surface area (Å²) in [6.07, 6.45) is 0.891. The molecule has 0 aliphatic carbocycles. The summed E-state index contributed by atoms with van der Waals surface area (Å²) in [5.74, 6) is -0.150. The maximum Gasteiger partial charge on any atom is 0.123 e. The number of rotatable bonds is 3. The molecule has 0 saturated carbocycles. The van der Waals surface area contributed by atoms with Crippen LogP contribution >= 0.6 is 0 Å². The zero-order valence-corrected chi connectivity index (χ0v) is 10.2. The van der Waals surface area contributed by atoms with E-state index in [4.69, 9.17) is 0 Å². The third kappa shape index (κ3) is 2.04. The van der Waals surface area contributed by atoms with Crippen LogP contribution < -0.4 is 5.32 Å². The van der Waals surface area contributed by atoms with Gasteiger partial charge in [0.25, 0.3) is 0 Å². The predicted molar refractivity (Wildman–Crippen MR) is 71.1 cm³/mol. The van der Waals surface area contributed by atoms with Gasteiger partial charge in [-0.25, -0.2) is 4.39 Å². The molecule has 0 spiro atoms. The van der Waals surface area contributed by atoms with E-state index in [1.54, 1.807) is 12.1 Å². The molecule has 1 fully saturated rings. The highest BCUT2D eigenvalue weighted by Gasteiger charge is 2.38. The van der Waals surface area contributed by atoms with E-state index < -0.39 is 0 Å². The second-order valence-electron chi connectivity index (χ2n) is 5.06. The lowest BCUT2D eigenvalue weighted by molar-refractivity contribution is 0.274. The second kappa shape index (κ2) is 4.54. The van der Waals surface area contributed by atoms with Gasteiger partial charge in [0.2, 0.25) is 0 Å². The van der Waals surface area contributed by atoms with Crippen LogP contribution in [-0.2, 0) is 11.8 Å². The smallest absolute Gasteiger partial charge is 0.123 e. The van der Waals surface area contributed by atoms with E-state index in [1.807, 2.05) is 12.1 Å². The summed E-state index contributed by atoms with van der Waals surface area (Å²) in [5.41, 5.74) is 2.54. The van der Waals surface area contributed by atoms with Gasteiger partial charge in [0.05, 0.1) is 0 Å².